The molecule has 2 amide bonds. The fourth-order valence-corrected chi connectivity index (χ4v) is 2.45. The zero-order valence-electron chi connectivity index (χ0n) is 10.7. The molecule has 3 rings (SSSR count). The first kappa shape index (κ1) is 13.4. The second kappa shape index (κ2) is 5.09. The highest BCUT2D eigenvalue weighted by Crippen LogP contribution is 2.37. The average Bonchev–Trinajstić information content (AvgIpc) is 2.47. The number of rotatable bonds is 1. The van der Waals surface area contributed by atoms with Crippen molar-refractivity contribution in [3.05, 3.63) is 58.6 Å². The van der Waals surface area contributed by atoms with Crippen LogP contribution in [0.4, 0.5) is 16.2 Å². The first-order valence-corrected chi connectivity index (χ1v) is 6.56. The largest absolute Gasteiger partial charge is 0.369 e. The molecule has 0 saturated carbocycles. The molecule has 1 aliphatic heterocycles. The minimum Gasteiger partial charge on any atom is -0.369 e. The van der Waals surface area contributed by atoms with Crippen molar-refractivity contribution in [2.75, 3.05) is 4.90 Å². The van der Waals surface area contributed by atoms with Crippen LogP contribution in [0.1, 0.15) is 17.4 Å². The molecular formula is C15H10ClN3O2. The third-order valence-electron chi connectivity index (χ3n) is 3.22. The highest BCUT2D eigenvalue weighted by atomic mass is 35.5. The maximum Gasteiger partial charge on any atom is 0.328 e. The van der Waals surface area contributed by atoms with E-state index in [1.54, 1.807) is 42.5 Å². The van der Waals surface area contributed by atoms with Gasteiger partial charge in [0.15, 0.2) is 6.23 Å². The van der Waals surface area contributed by atoms with Crippen LogP contribution >= 0.6 is 11.6 Å². The van der Waals surface area contributed by atoms with Crippen LogP contribution in [0, 0.1) is 11.3 Å². The summed E-state index contributed by atoms with van der Waals surface area (Å²) in [6.07, 6.45) is -1.08. The summed E-state index contributed by atoms with van der Waals surface area (Å²) in [5.41, 5.74) is 2.01. The molecule has 0 spiro atoms. The summed E-state index contributed by atoms with van der Waals surface area (Å²) in [6, 6.07) is 13.1. The van der Waals surface area contributed by atoms with Gasteiger partial charge in [0.2, 0.25) is 0 Å². The molecule has 0 aromatic heterocycles. The topological polar surface area (TPSA) is 76.4 Å². The van der Waals surface area contributed by atoms with E-state index in [-0.39, 0.29) is 0 Å². The van der Waals surface area contributed by atoms with Gasteiger partial charge in [-0.3, -0.25) is 4.90 Å². The van der Waals surface area contributed by atoms with Gasteiger partial charge < -0.3 is 10.4 Å². The van der Waals surface area contributed by atoms with E-state index < -0.39 is 12.3 Å². The van der Waals surface area contributed by atoms with Crippen molar-refractivity contribution in [3.63, 3.8) is 0 Å². The lowest BCUT2D eigenvalue weighted by Gasteiger charge is -2.33. The number of hydrogen-bond donors (Lipinski definition) is 2. The van der Waals surface area contributed by atoms with Gasteiger partial charge in [0.25, 0.3) is 0 Å². The van der Waals surface area contributed by atoms with Crippen LogP contribution in [0.25, 0.3) is 0 Å². The zero-order valence-corrected chi connectivity index (χ0v) is 11.5. The number of benzene rings is 2. The Morgan fingerprint density at radius 2 is 2.10 bits per heavy atom. The summed E-state index contributed by atoms with van der Waals surface area (Å²) in [7, 11) is 0. The Hall–Kier alpha value is -2.55. The maximum absolute atomic E-state index is 12.2. The number of carbonyl (C=O) groups is 1. The Balaban J connectivity index is 2.18. The Bertz CT molecular complexity index is 770. The zero-order chi connectivity index (χ0) is 15.0. The number of nitrogens with zero attached hydrogens (tertiary/aromatic N) is 2. The predicted octanol–water partition coefficient (Wildman–Crippen LogP) is 3.06. The molecule has 2 aromatic carbocycles. The van der Waals surface area contributed by atoms with Crippen molar-refractivity contribution in [1.29, 1.82) is 5.26 Å². The minimum absolute atomic E-state index is 0.440. The summed E-state index contributed by atoms with van der Waals surface area (Å²) in [5.74, 6) is 0. The van der Waals surface area contributed by atoms with Crippen LogP contribution in [0.15, 0.2) is 42.5 Å². The molecule has 0 bridgehead atoms. The highest BCUT2D eigenvalue weighted by Gasteiger charge is 2.30. The Morgan fingerprint density at radius 3 is 2.86 bits per heavy atom. The van der Waals surface area contributed by atoms with Gasteiger partial charge in [0.1, 0.15) is 0 Å². The summed E-state index contributed by atoms with van der Waals surface area (Å²) in [4.78, 5) is 13.6. The lowest BCUT2D eigenvalue weighted by atomic mass is 10.1. The summed E-state index contributed by atoms with van der Waals surface area (Å²) in [5, 5.41) is 21.8. The molecule has 2 N–H and O–H groups in total. The number of hydrogen-bond acceptors (Lipinski definition) is 3. The lowest BCUT2D eigenvalue weighted by Crippen LogP contribution is -2.44. The summed E-state index contributed by atoms with van der Waals surface area (Å²) < 4.78 is 0. The summed E-state index contributed by atoms with van der Waals surface area (Å²) in [6.45, 7) is 0. The van der Waals surface area contributed by atoms with E-state index in [2.05, 4.69) is 5.32 Å². The van der Waals surface area contributed by atoms with Gasteiger partial charge in [-0.2, -0.15) is 5.26 Å². The van der Waals surface area contributed by atoms with E-state index >= 15 is 0 Å². The number of carbonyl (C=O) groups excluding carboxylic acids is 1. The quantitative estimate of drug-likeness (QED) is 0.849. The van der Waals surface area contributed by atoms with Gasteiger partial charge in [0.05, 0.1) is 23.0 Å². The van der Waals surface area contributed by atoms with Crippen molar-refractivity contribution in [2.45, 2.75) is 6.23 Å². The van der Waals surface area contributed by atoms with E-state index in [9.17, 15) is 9.90 Å². The maximum atomic E-state index is 12.2. The van der Waals surface area contributed by atoms with E-state index in [1.807, 2.05) is 6.07 Å². The van der Waals surface area contributed by atoms with E-state index in [0.29, 0.717) is 27.5 Å². The van der Waals surface area contributed by atoms with Gasteiger partial charge in [-0.05, 0) is 30.3 Å². The molecule has 1 heterocycles. The number of fused-ring (bicyclic) bond motifs is 1. The lowest BCUT2D eigenvalue weighted by molar-refractivity contribution is 0.141. The van der Waals surface area contributed by atoms with Gasteiger partial charge in [-0.1, -0.05) is 23.7 Å². The van der Waals surface area contributed by atoms with Gasteiger partial charge in [-0.25, -0.2) is 4.79 Å². The number of amides is 2. The van der Waals surface area contributed by atoms with E-state index in [1.165, 1.54) is 4.90 Å². The van der Waals surface area contributed by atoms with E-state index in [0.717, 1.165) is 0 Å². The molecular weight excluding hydrogens is 290 g/mol. The molecule has 2 aromatic rings. The number of urea groups is 1. The van der Waals surface area contributed by atoms with E-state index in [4.69, 9.17) is 16.9 Å². The molecule has 0 fully saturated rings. The Morgan fingerprint density at radius 1 is 1.29 bits per heavy atom. The van der Waals surface area contributed by atoms with Crippen molar-refractivity contribution >= 4 is 29.0 Å². The van der Waals surface area contributed by atoms with Crippen molar-refractivity contribution in [3.8, 4) is 6.07 Å². The first-order chi connectivity index (χ1) is 10.1. The van der Waals surface area contributed by atoms with Crippen LogP contribution in [0.3, 0.4) is 0 Å². The molecule has 1 unspecified atom stereocenters. The second-order valence-electron chi connectivity index (χ2n) is 4.55. The van der Waals surface area contributed by atoms with Gasteiger partial charge >= 0.3 is 6.03 Å². The number of aliphatic hydroxyl groups excluding tert-OH is 1. The molecule has 0 saturated heterocycles. The highest BCUT2D eigenvalue weighted by molar-refractivity contribution is 6.31. The van der Waals surface area contributed by atoms with Crippen molar-refractivity contribution in [2.24, 2.45) is 0 Å². The fraction of sp³-hybridized carbons (Fsp3) is 0.0667. The molecule has 0 radical (unpaired) electrons. The molecule has 1 aliphatic rings. The molecule has 21 heavy (non-hydrogen) atoms. The normalized spacial score (nSPS) is 16.9. The van der Waals surface area contributed by atoms with Crippen molar-refractivity contribution in [1.82, 2.24) is 5.32 Å². The third-order valence-corrected chi connectivity index (χ3v) is 3.46. The van der Waals surface area contributed by atoms with Crippen LogP contribution in [-0.4, -0.2) is 11.1 Å². The molecule has 5 nitrogen and oxygen atoms in total. The SMILES string of the molecule is N#Cc1cccc(N2C(=O)NC(O)c3ccc(Cl)cc32)c1. The average molecular weight is 300 g/mol. The van der Waals surface area contributed by atoms with Crippen LogP contribution in [0.2, 0.25) is 5.02 Å². The monoisotopic (exact) mass is 299 g/mol. The van der Waals surface area contributed by atoms with Gasteiger partial charge in [-0.15, -0.1) is 0 Å². The standard InChI is InChI=1S/C15H10ClN3O2/c16-10-4-5-12-13(7-10)19(15(21)18-14(12)20)11-3-1-2-9(6-11)8-17/h1-7,14,20H,(H,18,21). The minimum atomic E-state index is -1.08. The summed E-state index contributed by atoms with van der Waals surface area (Å²) >= 11 is 5.99. The number of anilines is 2. The fourth-order valence-electron chi connectivity index (χ4n) is 2.28. The predicted molar refractivity (Wildman–Crippen MR) is 78.2 cm³/mol. The van der Waals surface area contributed by atoms with Crippen LogP contribution < -0.4 is 10.2 Å². The molecule has 6 heteroatoms. The Kier molecular flexibility index (Phi) is 3.26. The van der Waals surface area contributed by atoms with Crippen molar-refractivity contribution < 1.29 is 9.90 Å². The molecule has 0 aliphatic carbocycles. The third kappa shape index (κ3) is 2.31. The Labute approximate surface area is 126 Å². The smallest absolute Gasteiger partial charge is 0.328 e. The second-order valence-corrected chi connectivity index (χ2v) is 4.99. The molecule has 1 atom stereocenters. The van der Waals surface area contributed by atoms with Crippen LogP contribution in [0.5, 0.6) is 0 Å². The number of aliphatic hydroxyl groups is 1. The first-order valence-electron chi connectivity index (χ1n) is 6.18. The van der Waals surface area contributed by atoms with Crippen LogP contribution in [-0.2, 0) is 0 Å². The van der Waals surface area contributed by atoms with Gasteiger partial charge in [0, 0.05) is 10.6 Å². The number of nitrogens with one attached hydrogen (secondary N) is 1. The number of halogens is 1. The number of nitriles is 1. The molecule has 104 valence electrons.